The monoisotopic (exact) mass is 227 g/mol. The number of carbonyl (C=O) groups excluding carboxylic acids is 1. The van der Waals surface area contributed by atoms with Gasteiger partial charge in [-0.05, 0) is 12.5 Å². The van der Waals surface area contributed by atoms with Gasteiger partial charge in [-0.15, -0.1) is 0 Å². The molecule has 0 unspecified atom stereocenters. The lowest BCUT2D eigenvalue weighted by Crippen LogP contribution is -2.54. The summed E-state index contributed by atoms with van der Waals surface area (Å²) >= 11 is 0. The van der Waals surface area contributed by atoms with Crippen molar-refractivity contribution >= 4 is 5.91 Å². The van der Waals surface area contributed by atoms with E-state index in [1.807, 2.05) is 11.8 Å². The number of piperazine rings is 1. The molecule has 1 aliphatic heterocycles. The standard InChI is InChI=1S/C12H25N3O/c1-4-10(3)11(13)12(16)15-8-6-14(5-2)7-9-15/h10-11H,4-9,13H2,1-3H3/t10-,11-/m0/s1. The van der Waals surface area contributed by atoms with Crippen molar-refractivity contribution in [2.24, 2.45) is 11.7 Å². The zero-order valence-electron chi connectivity index (χ0n) is 10.8. The minimum Gasteiger partial charge on any atom is -0.339 e. The predicted molar refractivity (Wildman–Crippen MR) is 66.1 cm³/mol. The fraction of sp³-hybridized carbons (Fsp3) is 0.917. The molecule has 94 valence electrons. The van der Waals surface area contributed by atoms with E-state index in [9.17, 15) is 4.79 Å². The van der Waals surface area contributed by atoms with Crippen LogP contribution in [-0.4, -0.2) is 54.5 Å². The molecule has 1 amide bonds. The van der Waals surface area contributed by atoms with Crippen molar-refractivity contribution in [2.75, 3.05) is 32.7 Å². The summed E-state index contributed by atoms with van der Waals surface area (Å²) < 4.78 is 0. The van der Waals surface area contributed by atoms with E-state index in [0.717, 1.165) is 39.1 Å². The molecule has 1 heterocycles. The number of hydrogen-bond donors (Lipinski definition) is 1. The van der Waals surface area contributed by atoms with E-state index in [2.05, 4.69) is 18.7 Å². The van der Waals surface area contributed by atoms with Crippen molar-refractivity contribution < 1.29 is 4.79 Å². The first-order valence-electron chi connectivity index (χ1n) is 6.36. The van der Waals surface area contributed by atoms with Crippen LogP contribution in [0.25, 0.3) is 0 Å². The number of rotatable bonds is 4. The molecule has 1 rings (SSSR count). The van der Waals surface area contributed by atoms with Gasteiger partial charge < -0.3 is 15.5 Å². The van der Waals surface area contributed by atoms with E-state index in [0.29, 0.717) is 0 Å². The van der Waals surface area contributed by atoms with Crippen LogP contribution in [0.1, 0.15) is 27.2 Å². The largest absolute Gasteiger partial charge is 0.339 e. The summed E-state index contributed by atoms with van der Waals surface area (Å²) in [7, 11) is 0. The highest BCUT2D eigenvalue weighted by Gasteiger charge is 2.27. The van der Waals surface area contributed by atoms with E-state index in [1.54, 1.807) is 0 Å². The zero-order chi connectivity index (χ0) is 12.1. The molecule has 1 saturated heterocycles. The van der Waals surface area contributed by atoms with E-state index in [-0.39, 0.29) is 17.9 Å². The average molecular weight is 227 g/mol. The molecule has 0 aliphatic carbocycles. The molecule has 0 radical (unpaired) electrons. The molecule has 16 heavy (non-hydrogen) atoms. The molecule has 1 aliphatic rings. The van der Waals surface area contributed by atoms with Crippen molar-refractivity contribution in [3.05, 3.63) is 0 Å². The van der Waals surface area contributed by atoms with Crippen molar-refractivity contribution in [3.8, 4) is 0 Å². The molecule has 0 saturated carbocycles. The van der Waals surface area contributed by atoms with Gasteiger partial charge in [0.05, 0.1) is 6.04 Å². The van der Waals surface area contributed by atoms with Crippen molar-refractivity contribution in [1.82, 2.24) is 9.80 Å². The molecule has 2 N–H and O–H groups in total. The van der Waals surface area contributed by atoms with Crippen molar-refractivity contribution in [3.63, 3.8) is 0 Å². The van der Waals surface area contributed by atoms with Crippen LogP contribution >= 0.6 is 0 Å². The minimum absolute atomic E-state index is 0.130. The quantitative estimate of drug-likeness (QED) is 0.762. The van der Waals surface area contributed by atoms with Gasteiger partial charge in [-0.3, -0.25) is 4.79 Å². The normalized spacial score (nSPS) is 21.9. The van der Waals surface area contributed by atoms with Gasteiger partial charge >= 0.3 is 0 Å². The Morgan fingerprint density at radius 2 is 1.81 bits per heavy atom. The van der Waals surface area contributed by atoms with Crippen LogP contribution in [0.3, 0.4) is 0 Å². The highest BCUT2D eigenvalue weighted by Crippen LogP contribution is 2.10. The lowest BCUT2D eigenvalue weighted by atomic mass is 9.98. The van der Waals surface area contributed by atoms with Gasteiger partial charge in [0.25, 0.3) is 0 Å². The number of carbonyl (C=O) groups is 1. The summed E-state index contributed by atoms with van der Waals surface area (Å²) in [5, 5.41) is 0. The molecule has 2 atom stereocenters. The summed E-state index contributed by atoms with van der Waals surface area (Å²) in [5.41, 5.74) is 5.96. The number of hydrogen-bond acceptors (Lipinski definition) is 3. The fourth-order valence-corrected chi connectivity index (χ4v) is 1.99. The van der Waals surface area contributed by atoms with Gasteiger partial charge in [-0.25, -0.2) is 0 Å². The van der Waals surface area contributed by atoms with Gasteiger partial charge in [-0.2, -0.15) is 0 Å². The molecule has 0 bridgehead atoms. The van der Waals surface area contributed by atoms with Crippen LogP contribution in [0.15, 0.2) is 0 Å². The average Bonchev–Trinajstić information content (AvgIpc) is 2.36. The zero-order valence-corrected chi connectivity index (χ0v) is 10.8. The lowest BCUT2D eigenvalue weighted by Gasteiger charge is -2.36. The summed E-state index contributed by atoms with van der Waals surface area (Å²) in [6.45, 7) is 11.0. The molecule has 0 spiro atoms. The van der Waals surface area contributed by atoms with Crippen LogP contribution in [0.4, 0.5) is 0 Å². The second-order valence-corrected chi connectivity index (χ2v) is 4.67. The summed E-state index contributed by atoms with van der Waals surface area (Å²) in [4.78, 5) is 16.4. The second kappa shape index (κ2) is 6.21. The first-order chi connectivity index (χ1) is 7.60. The van der Waals surface area contributed by atoms with Crippen LogP contribution in [0, 0.1) is 5.92 Å². The predicted octanol–water partition coefficient (Wildman–Crippen LogP) is 0.524. The third kappa shape index (κ3) is 3.19. The number of likely N-dealkylation sites (N-methyl/N-ethyl adjacent to an activating group) is 1. The molecule has 0 aromatic carbocycles. The Morgan fingerprint density at radius 1 is 1.25 bits per heavy atom. The summed E-state index contributed by atoms with van der Waals surface area (Å²) in [5.74, 6) is 0.404. The Hall–Kier alpha value is -0.610. The second-order valence-electron chi connectivity index (χ2n) is 4.67. The van der Waals surface area contributed by atoms with E-state index < -0.39 is 0 Å². The fourth-order valence-electron chi connectivity index (χ4n) is 1.99. The van der Waals surface area contributed by atoms with Gasteiger partial charge in [0, 0.05) is 26.2 Å². The molecular weight excluding hydrogens is 202 g/mol. The maximum Gasteiger partial charge on any atom is 0.239 e. The first-order valence-corrected chi connectivity index (χ1v) is 6.36. The molecule has 0 aromatic heterocycles. The van der Waals surface area contributed by atoms with Gasteiger partial charge in [0.2, 0.25) is 5.91 Å². The highest BCUT2D eigenvalue weighted by atomic mass is 16.2. The number of amides is 1. The topological polar surface area (TPSA) is 49.6 Å². The van der Waals surface area contributed by atoms with E-state index >= 15 is 0 Å². The Kier molecular flexibility index (Phi) is 5.22. The third-order valence-electron chi connectivity index (χ3n) is 3.67. The number of nitrogens with two attached hydrogens (primary N) is 1. The summed E-state index contributed by atoms with van der Waals surface area (Å²) in [6, 6.07) is -0.321. The van der Waals surface area contributed by atoms with Crippen LogP contribution in [-0.2, 0) is 4.79 Å². The van der Waals surface area contributed by atoms with E-state index in [1.165, 1.54) is 0 Å². The van der Waals surface area contributed by atoms with Crippen LogP contribution in [0.5, 0.6) is 0 Å². The molecule has 4 heteroatoms. The third-order valence-corrected chi connectivity index (χ3v) is 3.67. The van der Waals surface area contributed by atoms with Gasteiger partial charge in [0.15, 0.2) is 0 Å². The highest BCUT2D eigenvalue weighted by molar-refractivity contribution is 5.82. The minimum atomic E-state index is -0.321. The van der Waals surface area contributed by atoms with Crippen molar-refractivity contribution in [2.45, 2.75) is 33.2 Å². The Balaban J connectivity index is 2.44. The van der Waals surface area contributed by atoms with Crippen LogP contribution < -0.4 is 5.73 Å². The molecular formula is C12H25N3O. The Bertz CT molecular complexity index is 224. The summed E-state index contributed by atoms with van der Waals surface area (Å²) in [6.07, 6.45) is 0.960. The van der Waals surface area contributed by atoms with Crippen LogP contribution in [0.2, 0.25) is 0 Å². The maximum absolute atomic E-state index is 12.1. The van der Waals surface area contributed by atoms with Crippen molar-refractivity contribution in [1.29, 1.82) is 0 Å². The number of nitrogens with zero attached hydrogens (tertiary/aromatic N) is 2. The van der Waals surface area contributed by atoms with Gasteiger partial charge in [0.1, 0.15) is 0 Å². The molecule has 1 fully saturated rings. The lowest BCUT2D eigenvalue weighted by molar-refractivity contribution is -0.135. The maximum atomic E-state index is 12.1. The SMILES string of the molecule is CC[C@H](C)[C@H](N)C(=O)N1CCN(CC)CC1. The molecule has 4 nitrogen and oxygen atoms in total. The smallest absolute Gasteiger partial charge is 0.239 e. The Labute approximate surface area is 98.8 Å². The van der Waals surface area contributed by atoms with Gasteiger partial charge in [-0.1, -0.05) is 27.2 Å². The Morgan fingerprint density at radius 3 is 2.25 bits per heavy atom. The van der Waals surface area contributed by atoms with E-state index in [4.69, 9.17) is 5.73 Å². The molecule has 0 aromatic rings. The first kappa shape index (κ1) is 13.5.